The number of ether oxygens (including phenoxy) is 1. The van der Waals surface area contributed by atoms with E-state index in [0.29, 0.717) is 13.2 Å². The summed E-state index contributed by atoms with van der Waals surface area (Å²) in [6.07, 6.45) is 2.90. The molecule has 1 aliphatic rings. The molecule has 0 unspecified atom stereocenters. The molecule has 0 saturated carbocycles. The Labute approximate surface area is 143 Å². The fraction of sp³-hybridized carbons (Fsp3) is 0.588. The van der Waals surface area contributed by atoms with E-state index in [1.54, 1.807) is 4.90 Å². The number of likely N-dealkylation sites (N-methyl/N-ethyl adjacent to an activating group) is 1. The first kappa shape index (κ1) is 18.1. The number of carbonyl (C=O) groups is 1. The highest BCUT2D eigenvalue weighted by Crippen LogP contribution is 2.32. The minimum absolute atomic E-state index is 0.208. The van der Waals surface area contributed by atoms with Crippen LogP contribution in [-0.4, -0.2) is 54.6 Å². The number of hydrogen-bond acceptors (Lipinski definition) is 4. The molecule has 0 atom stereocenters. The summed E-state index contributed by atoms with van der Waals surface area (Å²) < 4.78 is 5.81. The summed E-state index contributed by atoms with van der Waals surface area (Å²) in [5.74, 6) is 0.861. The van der Waals surface area contributed by atoms with Crippen molar-refractivity contribution in [1.29, 1.82) is 0 Å². The second-order valence-electron chi connectivity index (χ2n) is 5.69. The zero-order chi connectivity index (χ0) is 16.7. The summed E-state index contributed by atoms with van der Waals surface area (Å²) in [6, 6.07) is 5.87. The van der Waals surface area contributed by atoms with Gasteiger partial charge >= 0.3 is 0 Å². The van der Waals surface area contributed by atoms with Crippen molar-refractivity contribution in [2.24, 2.45) is 0 Å². The summed E-state index contributed by atoms with van der Waals surface area (Å²) in [5, 5.41) is 8.75. The van der Waals surface area contributed by atoms with Gasteiger partial charge in [-0.2, -0.15) is 0 Å². The topological polar surface area (TPSA) is 53.0 Å². The Kier molecular flexibility index (Phi) is 7.20. The smallest absolute Gasteiger partial charge is 0.283 e. The molecule has 1 aliphatic heterocycles. The van der Waals surface area contributed by atoms with E-state index in [1.165, 1.54) is 0 Å². The van der Waals surface area contributed by atoms with Crippen molar-refractivity contribution >= 4 is 23.6 Å². The maximum atomic E-state index is 11.4. The fourth-order valence-electron chi connectivity index (χ4n) is 2.86. The number of anilines is 1. The normalized spacial score (nSPS) is 13.5. The van der Waals surface area contributed by atoms with Gasteiger partial charge < -0.3 is 19.6 Å². The summed E-state index contributed by atoms with van der Waals surface area (Å²) in [6.45, 7) is 6.39. The van der Waals surface area contributed by atoms with Gasteiger partial charge in [0, 0.05) is 18.8 Å². The molecule has 1 aromatic carbocycles. The van der Waals surface area contributed by atoms with Crippen LogP contribution in [-0.2, 0) is 6.42 Å². The molecule has 1 N–H and O–H groups in total. The van der Waals surface area contributed by atoms with Gasteiger partial charge in [0.25, 0.3) is 5.24 Å². The molecule has 23 heavy (non-hydrogen) atoms. The van der Waals surface area contributed by atoms with Crippen LogP contribution in [0.1, 0.15) is 25.3 Å². The average molecular weight is 338 g/mol. The third-order valence-corrected chi connectivity index (χ3v) is 4.42. The molecular formula is C17H26N2O3S. The second kappa shape index (κ2) is 9.15. The zero-order valence-corrected chi connectivity index (χ0v) is 14.6. The lowest BCUT2D eigenvalue weighted by Gasteiger charge is -2.18. The van der Waals surface area contributed by atoms with E-state index in [9.17, 15) is 4.79 Å². The molecule has 0 aromatic heterocycles. The number of fused-ring (bicyclic) bond motifs is 1. The number of thiol groups is 1. The predicted octanol–water partition coefficient (Wildman–Crippen LogP) is 2.57. The predicted molar refractivity (Wildman–Crippen MR) is 95.8 cm³/mol. The van der Waals surface area contributed by atoms with E-state index in [1.807, 2.05) is 18.2 Å². The minimum Gasteiger partial charge on any atom is -0.494 e. The van der Waals surface area contributed by atoms with Crippen LogP contribution in [0.4, 0.5) is 10.5 Å². The molecule has 6 heteroatoms. The van der Waals surface area contributed by atoms with E-state index in [2.05, 4.69) is 24.5 Å². The van der Waals surface area contributed by atoms with Gasteiger partial charge in [-0.05, 0) is 56.1 Å². The van der Waals surface area contributed by atoms with Crippen LogP contribution in [0, 0.1) is 0 Å². The van der Waals surface area contributed by atoms with Crippen molar-refractivity contribution in [3.8, 4) is 5.75 Å². The molecule has 0 fully saturated rings. The number of rotatable bonds is 9. The highest BCUT2D eigenvalue weighted by Gasteiger charge is 2.22. The molecule has 0 saturated heterocycles. The summed E-state index contributed by atoms with van der Waals surface area (Å²) >= 11 is 3.90. The van der Waals surface area contributed by atoms with Crippen molar-refractivity contribution in [1.82, 2.24) is 4.90 Å². The van der Waals surface area contributed by atoms with Crippen molar-refractivity contribution in [3.63, 3.8) is 0 Å². The van der Waals surface area contributed by atoms with Gasteiger partial charge in [-0.15, -0.1) is 0 Å². The third kappa shape index (κ3) is 5.12. The SMILES string of the molecule is CCN(CCO)CCCCOc1ccc2c(c1)CCN2C(=O)S. The lowest BCUT2D eigenvalue weighted by molar-refractivity contribution is 0.195. The lowest BCUT2D eigenvalue weighted by atomic mass is 10.1. The van der Waals surface area contributed by atoms with E-state index in [0.717, 1.165) is 55.9 Å². The van der Waals surface area contributed by atoms with Gasteiger partial charge in [0.2, 0.25) is 0 Å². The van der Waals surface area contributed by atoms with E-state index in [4.69, 9.17) is 9.84 Å². The van der Waals surface area contributed by atoms with E-state index in [-0.39, 0.29) is 11.8 Å². The summed E-state index contributed by atoms with van der Waals surface area (Å²) in [5.41, 5.74) is 2.09. The van der Waals surface area contributed by atoms with Crippen LogP contribution in [0.2, 0.25) is 0 Å². The van der Waals surface area contributed by atoms with E-state index < -0.39 is 0 Å². The van der Waals surface area contributed by atoms with Gasteiger partial charge in [-0.25, -0.2) is 0 Å². The number of benzene rings is 1. The van der Waals surface area contributed by atoms with Crippen molar-refractivity contribution < 1.29 is 14.6 Å². The number of nitrogens with zero attached hydrogens (tertiary/aromatic N) is 2. The molecule has 1 aromatic rings. The molecule has 2 rings (SSSR count). The van der Waals surface area contributed by atoms with Gasteiger partial charge in [0.05, 0.1) is 13.2 Å². The Hall–Kier alpha value is -1.24. The lowest BCUT2D eigenvalue weighted by Crippen LogP contribution is -2.27. The number of carbonyl (C=O) groups excluding carboxylic acids is 1. The standard InChI is InChI=1S/C17H26N2O3S/c1-2-18(10-11-20)8-3-4-12-22-15-5-6-16-14(13-15)7-9-19(16)17(21)23/h5-6,13,20H,2-4,7-12H2,1H3,(H,21,23). The molecule has 0 radical (unpaired) electrons. The Bertz CT molecular complexity index is 525. The van der Waals surface area contributed by atoms with Gasteiger partial charge in [-0.3, -0.25) is 4.79 Å². The number of amides is 1. The van der Waals surface area contributed by atoms with Crippen LogP contribution in [0.3, 0.4) is 0 Å². The Balaban J connectivity index is 1.74. The Morgan fingerprint density at radius 2 is 2.22 bits per heavy atom. The number of aliphatic hydroxyl groups excluding tert-OH is 1. The van der Waals surface area contributed by atoms with Crippen molar-refractivity contribution in [3.05, 3.63) is 23.8 Å². The van der Waals surface area contributed by atoms with Crippen LogP contribution >= 0.6 is 12.6 Å². The fourth-order valence-corrected chi connectivity index (χ4v) is 3.07. The summed E-state index contributed by atoms with van der Waals surface area (Å²) in [4.78, 5) is 15.3. The molecule has 0 aliphatic carbocycles. The van der Waals surface area contributed by atoms with Gasteiger partial charge in [0.1, 0.15) is 5.75 Å². The molecule has 1 amide bonds. The van der Waals surface area contributed by atoms with Gasteiger partial charge in [0.15, 0.2) is 0 Å². The Morgan fingerprint density at radius 3 is 2.91 bits per heavy atom. The molecule has 128 valence electrons. The van der Waals surface area contributed by atoms with Gasteiger partial charge in [-0.1, -0.05) is 19.6 Å². The number of unbranched alkanes of at least 4 members (excludes halogenated alkanes) is 1. The highest BCUT2D eigenvalue weighted by molar-refractivity contribution is 7.96. The molecular weight excluding hydrogens is 312 g/mol. The second-order valence-corrected chi connectivity index (χ2v) is 6.07. The molecule has 0 bridgehead atoms. The highest BCUT2D eigenvalue weighted by atomic mass is 32.1. The zero-order valence-electron chi connectivity index (χ0n) is 13.7. The number of hydrogen-bond donors (Lipinski definition) is 2. The van der Waals surface area contributed by atoms with Crippen molar-refractivity contribution in [2.45, 2.75) is 26.2 Å². The molecule has 5 nitrogen and oxygen atoms in total. The maximum absolute atomic E-state index is 11.4. The maximum Gasteiger partial charge on any atom is 0.283 e. The number of aliphatic hydroxyl groups is 1. The van der Waals surface area contributed by atoms with Crippen LogP contribution in [0.15, 0.2) is 18.2 Å². The van der Waals surface area contributed by atoms with Crippen LogP contribution in [0.5, 0.6) is 5.75 Å². The quantitative estimate of drug-likeness (QED) is 0.537. The van der Waals surface area contributed by atoms with Crippen molar-refractivity contribution in [2.75, 3.05) is 44.3 Å². The third-order valence-electron chi connectivity index (χ3n) is 4.18. The minimum atomic E-state index is -0.208. The Morgan fingerprint density at radius 1 is 1.39 bits per heavy atom. The monoisotopic (exact) mass is 338 g/mol. The molecule has 0 spiro atoms. The summed E-state index contributed by atoms with van der Waals surface area (Å²) in [7, 11) is 0. The first-order valence-corrected chi connectivity index (χ1v) is 8.69. The van der Waals surface area contributed by atoms with Crippen LogP contribution in [0.25, 0.3) is 0 Å². The first-order valence-electron chi connectivity index (χ1n) is 8.25. The largest absolute Gasteiger partial charge is 0.494 e. The first-order chi connectivity index (χ1) is 11.2. The van der Waals surface area contributed by atoms with Crippen LogP contribution < -0.4 is 9.64 Å². The average Bonchev–Trinajstić information content (AvgIpc) is 2.96. The van der Waals surface area contributed by atoms with E-state index >= 15 is 0 Å². The molecule has 1 heterocycles.